The van der Waals surface area contributed by atoms with Crippen LogP contribution in [0.2, 0.25) is 0 Å². The number of aliphatic hydroxyl groups excluding tert-OH is 1. The highest BCUT2D eigenvalue weighted by molar-refractivity contribution is 9.10. The Morgan fingerprint density at radius 2 is 2.31 bits per heavy atom. The van der Waals surface area contributed by atoms with Crippen molar-refractivity contribution >= 4 is 27.0 Å². The molecule has 0 aliphatic carbocycles. The van der Waals surface area contributed by atoms with Crippen LogP contribution in [0.3, 0.4) is 0 Å². The fraction of sp³-hybridized carbons (Fsp3) is 0.400. The van der Waals surface area contributed by atoms with Crippen LogP contribution in [0.25, 0.3) is 11.0 Å². The van der Waals surface area contributed by atoms with Gasteiger partial charge >= 0.3 is 0 Å². The topological polar surface area (TPSA) is 60.2 Å². The summed E-state index contributed by atoms with van der Waals surface area (Å²) in [5, 5.41) is 17.2. The van der Waals surface area contributed by atoms with Crippen LogP contribution in [0.1, 0.15) is 13.0 Å². The van der Waals surface area contributed by atoms with E-state index < -0.39 is 0 Å². The van der Waals surface area contributed by atoms with Gasteiger partial charge in [-0.2, -0.15) is 0 Å². The number of nitrogens with zero attached hydrogens (tertiary/aromatic N) is 3. The number of halogens is 1. The number of ether oxygens (including phenoxy) is 1. The third-order valence-corrected chi connectivity index (χ3v) is 3.08. The molecule has 0 spiro atoms. The van der Waals surface area contributed by atoms with Gasteiger partial charge in [-0.3, -0.25) is 0 Å². The van der Waals surface area contributed by atoms with Gasteiger partial charge in [0.1, 0.15) is 11.3 Å². The van der Waals surface area contributed by atoms with Crippen LogP contribution >= 0.6 is 15.9 Å². The number of aromatic nitrogens is 3. The summed E-state index contributed by atoms with van der Waals surface area (Å²) < 4.78 is 7.78. The molecule has 6 heteroatoms. The zero-order valence-corrected chi connectivity index (χ0v) is 10.6. The summed E-state index contributed by atoms with van der Waals surface area (Å²) in [7, 11) is 1.59. The minimum Gasteiger partial charge on any atom is -0.494 e. The predicted molar refractivity (Wildman–Crippen MR) is 63.6 cm³/mol. The molecule has 5 nitrogen and oxygen atoms in total. The fourth-order valence-electron chi connectivity index (χ4n) is 1.54. The number of hydrogen-bond donors (Lipinski definition) is 1. The second kappa shape index (κ2) is 4.39. The average Bonchev–Trinajstić information content (AvgIpc) is 2.74. The molecule has 0 aliphatic heterocycles. The van der Waals surface area contributed by atoms with Crippen molar-refractivity contribution in [2.24, 2.45) is 0 Å². The molecular formula is C10H12BrN3O2. The number of hydrogen-bond acceptors (Lipinski definition) is 4. The minimum absolute atomic E-state index is 0.0160. The molecule has 1 aromatic heterocycles. The Morgan fingerprint density at radius 1 is 1.56 bits per heavy atom. The molecule has 0 fully saturated rings. The molecule has 0 bridgehead atoms. The van der Waals surface area contributed by atoms with Crippen molar-refractivity contribution < 1.29 is 9.84 Å². The van der Waals surface area contributed by atoms with Gasteiger partial charge in [-0.15, -0.1) is 5.10 Å². The van der Waals surface area contributed by atoms with Crippen molar-refractivity contribution in [1.82, 2.24) is 15.0 Å². The zero-order valence-electron chi connectivity index (χ0n) is 9.01. The van der Waals surface area contributed by atoms with Crippen LogP contribution in [0.4, 0.5) is 0 Å². The van der Waals surface area contributed by atoms with Gasteiger partial charge in [-0.1, -0.05) is 5.21 Å². The predicted octanol–water partition coefficient (Wildman–Crippen LogP) is 1.76. The highest BCUT2D eigenvalue weighted by atomic mass is 79.9. The first kappa shape index (κ1) is 11.3. The average molecular weight is 286 g/mol. The first-order chi connectivity index (χ1) is 7.69. The van der Waals surface area contributed by atoms with E-state index in [-0.39, 0.29) is 12.6 Å². The number of rotatable bonds is 3. The summed E-state index contributed by atoms with van der Waals surface area (Å²) in [6.45, 7) is 1.89. The zero-order chi connectivity index (χ0) is 11.7. The van der Waals surface area contributed by atoms with Gasteiger partial charge in [-0.25, -0.2) is 4.68 Å². The lowest BCUT2D eigenvalue weighted by atomic mass is 10.2. The monoisotopic (exact) mass is 285 g/mol. The van der Waals surface area contributed by atoms with Crippen molar-refractivity contribution in [1.29, 1.82) is 0 Å². The van der Waals surface area contributed by atoms with Gasteiger partial charge < -0.3 is 9.84 Å². The summed E-state index contributed by atoms with van der Waals surface area (Å²) >= 11 is 3.45. The Bertz CT molecular complexity index is 512. The van der Waals surface area contributed by atoms with Crippen LogP contribution in [0.5, 0.6) is 5.75 Å². The molecule has 2 aromatic rings. The van der Waals surface area contributed by atoms with Crippen LogP contribution in [0.15, 0.2) is 16.6 Å². The van der Waals surface area contributed by atoms with E-state index in [4.69, 9.17) is 9.84 Å². The third kappa shape index (κ3) is 1.68. The molecule has 1 unspecified atom stereocenters. The van der Waals surface area contributed by atoms with E-state index in [2.05, 4.69) is 26.2 Å². The molecular weight excluding hydrogens is 274 g/mol. The minimum atomic E-state index is -0.117. The van der Waals surface area contributed by atoms with Crippen LogP contribution in [0, 0.1) is 0 Å². The Morgan fingerprint density at radius 3 is 2.94 bits per heavy atom. The molecule has 0 saturated carbocycles. The lowest BCUT2D eigenvalue weighted by Crippen LogP contribution is -2.11. The van der Waals surface area contributed by atoms with Gasteiger partial charge in [0.2, 0.25) is 0 Å². The van der Waals surface area contributed by atoms with Gasteiger partial charge in [0.15, 0.2) is 5.52 Å². The van der Waals surface area contributed by atoms with Gasteiger partial charge in [-0.05, 0) is 35.0 Å². The number of benzene rings is 1. The van der Waals surface area contributed by atoms with E-state index in [1.54, 1.807) is 11.8 Å². The summed E-state index contributed by atoms with van der Waals surface area (Å²) in [5.41, 5.74) is 1.53. The van der Waals surface area contributed by atoms with Crippen LogP contribution in [-0.2, 0) is 0 Å². The van der Waals surface area contributed by atoms with Gasteiger partial charge in [0.25, 0.3) is 0 Å². The standard InChI is InChI=1S/C10H12BrN3O2/c1-6(5-15)14-10-7(11)3-4-8(16-2)9(10)12-13-14/h3-4,6,15H,5H2,1-2H3. The van der Waals surface area contributed by atoms with Crippen LogP contribution in [-0.4, -0.2) is 33.8 Å². The second-order valence-electron chi connectivity index (χ2n) is 3.51. The van der Waals surface area contributed by atoms with Crippen molar-refractivity contribution in [2.75, 3.05) is 13.7 Å². The first-order valence-corrected chi connectivity index (χ1v) is 5.66. The van der Waals surface area contributed by atoms with Crippen molar-refractivity contribution in [2.45, 2.75) is 13.0 Å². The highest BCUT2D eigenvalue weighted by Crippen LogP contribution is 2.31. The summed E-state index contributed by atoms with van der Waals surface area (Å²) in [4.78, 5) is 0. The normalized spacial score (nSPS) is 13.0. The molecule has 0 aliphatic rings. The lowest BCUT2D eigenvalue weighted by molar-refractivity contribution is 0.231. The Hall–Kier alpha value is -1.14. The largest absolute Gasteiger partial charge is 0.494 e. The quantitative estimate of drug-likeness (QED) is 0.934. The number of methoxy groups -OCH3 is 1. The van der Waals surface area contributed by atoms with Crippen molar-refractivity contribution in [3.63, 3.8) is 0 Å². The molecule has 1 aromatic carbocycles. The maximum atomic E-state index is 9.15. The van der Waals surface area contributed by atoms with Crippen LogP contribution < -0.4 is 4.74 Å². The molecule has 2 rings (SSSR count). The van der Waals surface area contributed by atoms with E-state index in [9.17, 15) is 0 Å². The molecule has 16 heavy (non-hydrogen) atoms. The second-order valence-corrected chi connectivity index (χ2v) is 4.37. The van der Waals surface area contributed by atoms with E-state index in [1.807, 2.05) is 19.1 Å². The number of aliphatic hydroxyl groups is 1. The van der Waals surface area contributed by atoms with E-state index in [0.717, 1.165) is 9.99 Å². The van der Waals surface area contributed by atoms with E-state index in [1.165, 1.54) is 0 Å². The Labute approximate surface area is 101 Å². The molecule has 0 saturated heterocycles. The number of fused-ring (bicyclic) bond motifs is 1. The molecule has 0 radical (unpaired) electrons. The van der Waals surface area contributed by atoms with Gasteiger partial charge in [0.05, 0.1) is 19.8 Å². The third-order valence-electron chi connectivity index (χ3n) is 2.44. The van der Waals surface area contributed by atoms with Gasteiger partial charge in [0, 0.05) is 4.47 Å². The van der Waals surface area contributed by atoms with Crippen molar-refractivity contribution in [3.05, 3.63) is 16.6 Å². The molecule has 1 N–H and O–H groups in total. The SMILES string of the molecule is COc1ccc(Br)c2c1nnn2C(C)CO. The smallest absolute Gasteiger partial charge is 0.156 e. The fourth-order valence-corrected chi connectivity index (χ4v) is 2.04. The van der Waals surface area contributed by atoms with E-state index in [0.29, 0.717) is 11.3 Å². The molecule has 0 amide bonds. The molecule has 1 heterocycles. The molecule has 1 atom stereocenters. The Kier molecular flexibility index (Phi) is 3.11. The first-order valence-electron chi connectivity index (χ1n) is 4.87. The maximum absolute atomic E-state index is 9.15. The maximum Gasteiger partial charge on any atom is 0.156 e. The van der Waals surface area contributed by atoms with E-state index >= 15 is 0 Å². The van der Waals surface area contributed by atoms with Crippen molar-refractivity contribution in [3.8, 4) is 5.75 Å². The highest BCUT2D eigenvalue weighted by Gasteiger charge is 2.16. The summed E-state index contributed by atoms with van der Waals surface area (Å²) in [6.07, 6.45) is 0. The lowest BCUT2D eigenvalue weighted by Gasteiger charge is -2.10. The summed E-state index contributed by atoms with van der Waals surface area (Å²) in [5.74, 6) is 0.676. The summed E-state index contributed by atoms with van der Waals surface area (Å²) in [6, 6.07) is 3.59. The Balaban J connectivity index is 2.70. The molecule has 86 valence electrons.